The number of nitrogens with zero attached hydrogens (tertiary/aromatic N) is 2. The van der Waals surface area contributed by atoms with Gasteiger partial charge in [0.25, 0.3) is 11.8 Å². The van der Waals surface area contributed by atoms with Crippen LogP contribution in [0.3, 0.4) is 0 Å². The smallest absolute Gasteiger partial charge is 0.264 e. The summed E-state index contributed by atoms with van der Waals surface area (Å²) in [5, 5.41) is 6.56. The second-order valence-corrected chi connectivity index (χ2v) is 5.09. The van der Waals surface area contributed by atoms with Crippen molar-refractivity contribution in [2.75, 3.05) is 7.11 Å². The van der Waals surface area contributed by atoms with Crippen LogP contribution < -0.4 is 14.8 Å². The summed E-state index contributed by atoms with van der Waals surface area (Å²) in [4.78, 5) is 16.4. The van der Waals surface area contributed by atoms with Gasteiger partial charge in [-0.1, -0.05) is 35.5 Å². The first-order valence-corrected chi connectivity index (χ1v) is 7.67. The highest BCUT2D eigenvalue weighted by atomic mass is 16.5. The molecule has 0 spiro atoms. The van der Waals surface area contributed by atoms with E-state index < -0.39 is 0 Å². The van der Waals surface area contributed by atoms with Crippen molar-refractivity contribution in [1.29, 1.82) is 0 Å². The molecule has 1 aromatic heterocycles. The van der Waals surface area contributed by atoms with Gasteiger partial charge in [0.1, 0.15) is 11.5 Å². The van der Waals surface area contributed by atoms with Crippen LogP contribution in [0.25, 0.3) is 0 Å². The van der Waals surface area contributed by atoms with E-state index in [9.17, 15) is 4.79 Å². The summed E-state index contributed by atoms with van der Waals surface area (Å²) in [7, 11) is 1.52. The van der Waals surface area contributed by atoms with Crippen LogP contribution in [0.15, 0.2) is 59.1 Å². The van der Waals surface area contributed by atoms with E-state index in [0.29, 0.717) is 28.8 Å². The molecule has 0 saturated carbocycles. The first-order valence-electron chi connectivity index (χ1n) is 7.67. The van der Waals surface area contributed by atoms with Gasteiger partial charge in [0, 0.05) is 0 Å². The van der Waals surface area contributed by atoms with Crippen LogP contribution in [0.1, 0.15) is 22.1 Å². The molecule has 0 aliphatic carbocycles. The zero-order valence-corrected chi connectivity index (χ0v) is 13.6. The lowest BCUT2D eigenvalue weighted by atomic mass is 10.2. The predicted octanol–water partition coefficient (Wildman–Crippen LogP) is 2.59. The molecule has 0 bridgehead atoms. The number of nitrogens with one attached hydrogen (secondary N) is 1. The minimum absolute atomic E-state index is 0.145. The molecule has 7 heteroatoms. The molecule has 128 valence electrons. The quantitative estimate of drug-likeness (QED) is 0.712. The number of benzene rings is 2. The van der Waals surface area contributed by atoms with Gasteiger partial charge in [-0.3, -0.25) is 4.79 Å². The van der Waals surface area contributed by atoms with Gasteiger partial charge in [-0.15, -0.1) is 0 Å². The summed E-state index contributed by atoms with van der Waals surface area (Å²) in [5.74, 6) is 1.65. The average molecular weight is 339 g/mol. The maximum atomic E-state index is 12.2. The highest BCUT2D eigenvalue weighted by Crippen LogP contribution is 2.17. The van der Waals surface area contributed by atoms with Crippen LogP contribution in [-0.2, 0) is 13.2 Å². The molecule has 0 fully saturated rings. The Morgan fingerprint density at radius 2 is 1.88 bits per heavy atom. The van der Waals surface area contributed by atoms with Gasteiger partial charge in [-0.05, 0) is 24.3 Å². The molecule has 0 saturated heterocycles. The zero-order valence-electron chi connectivity index (χ0n) is 13.6. The van der Waals surface area contributed by atoms with E-state index in [0.717, 1.165) is 0 Å². The SMILES string of the molecule is COc1ccccc1C(=O)NCc1noc(COc2ccccc2)n1. The number of rotatable bonds is 7. The van der Waals surface area contributed by atoms with Gasteiger partial charge in [-0.25, -0.2) is 0 Å². The Kier molecular flexibility index (Phi) is 5.26. The van der Waals surface area contributed by atoms with E-state index in [1.54, 1.807) is 24.3 Å². The van der Waals surface area contributed by atoms with Crippen LogP contribution in [-0.4, -0.2) is 23.2 Å². The molecule has 0 unspecified atom stereocenters. The minimum atomic E-state index is -0.274. The molecule has 0 radical (unpaired) electrons. The fraction of sp³-hybridized carbons (Fsp3) is 0.167. The van der Waals surface area contributed by atoms with E-state index in [1.165, 1.54) is 7.11 Å². The molecule has 3 aromatic rings. The number of para-hydroxylation sites is 2. The summed E-state index contributed by atoms with van der Waals surface area (Å²) in [6.07, 6.45) is 0. The fourth-order valence-corrected chi connectivity index (χ4v) is 2.17. The van der Waals surface area contributed by atoms with Gasteiger partial charge in [0.2, 0.25) is 0 Å². The number of aromatic nitrogens is 2. The third kappa shape index (κ3) is 4.35. The molecule has 7 nitrogen and oxygen atoms in total. The zero-order chi connectivity index (χ0) is 17.5. The molecule has 1 N–H and O–H groups in total. The molecule has 0 aliphatic heterocycles. The van der Waals surface area contributed by atoms with E-state index in [2.05, 4.69) is 15.5 Å². The number of amides is 1. The third-order valence-electron chi connectivity index (χ3n) is 3.37. The van der Waals surface area contributed by atoms with Crippen molar-refractivity contribution in [3.63, 3.8) is 0 Å². The van der Waals surface area contributed by atoms with E-state index in [1.807, 2.05) is 30.3 Å². The highest BCUT2D eigenvalue weighted by molar-refractivity contribution is 5.96. The van der Waals surface area contributed by atoms with Crippen molar-refractivity contribution in [2.45, 2.75) is 13.2 Å². The molecule has 25 heavy (non-hydrogen) atoms. The largest absolute Gasteiger partial charge is 0.496 e. The Hall–Kier alpha value is -3.35. The highest BCUT2D eigenvalue weighted by Gasteiger charge is 2.13. The average Bonchev–Trinajstić information content (AvgIpc) is 3.13. The van der Waals surface area contributed by atoms with E-state index in [-0.39, 0.29) is 19.1 Å². The van der Waals surface area contributed by atoms with Crippen molar-refractivity contribution in [3.05, 3.63) is 71.9 Å². The lowest BCUT2D eigenvalue weighted by Gasteiger charge is -2.07. The minimum Gasteiger partial charge on any atom is -0.496 e. The Morgan fingerprint density at radius 3 is 2.68 bits per heavy atom. The van der Waals surface area contributed by atoms with Crippen LogP contribution in [0.2, 0.25) is 0 Å². The second kappa shape index (κ2) is 7.96. The Balaban J connectivity index is 1.54. The first kappa shape index (κ1) is 16.5. The molecule has 0 aliphatic rings. The predicted molar refractivity (Wildman–Crippen MR) is 89.2 cm³/mol. The van der Waals surface area contributed by atoms with Gasteiger partial charge < -0.3 is 19.3 Å². The van der Waals surface area contributed by atoms with Gasteiger partial charge in [0.15, 0.2) is 12.4 Å². The van der Waals surface area contributed by atoms with Gasteiger partial charge >= 0.3 is 0 Å². The van der Waals surface area contributed by atoms with E-state index >= 15 is 0 Å². The topological polar surface area (TPSA) is 86.5 Å². The number of carbonyl (C=O) groups is 1. The van der Waals surface area contributed by atoms with Crippen LogP contribution >= 0.6 is 0 Å². The Morgan fingerprint density at radius 1 is 1.12 bits per heavy atom. The number of hydrogen-bond acceptors (Lipinski definition) is 6. The number of ether oxygens (including phenoxy) is 2. The lowest BCUT2D eigenvalue weighted by molar-refractivity contribution is 0.0946. The summed E-state index contributed by atoms with van der Waals surface area (Å²) < 4.78 is 15.8. The molecule has 2 aromatic carbocycles. The summed E-state index contributed by atoms with van der Waals surface area (Å²) in [6, 6.07) is 16.3. The van der Waals surface area contributed by atoms with Crippen molar-refractivity contribution in [1.82, 2.24) is 15.5 Å². The first-order chi connectivity index (χ1) is 12.3. The molecular formula is C18H17N3O4. The summed E-state index contributed by atoms with van der Waals surface area (Å²) in [5.41, 5.74) is 0.445. The second-order valence-electron chi connectivity index (χ2n) is 5.09. The maximum Gasteiger partial charge on any atom is 0.264 e. The van der Waals surface area contributed by atoms with Gasteiger partial charge in [0.05, 0.1) is 19.2 Å². The Labute approximate surface area is 144 Å². The van der Waals surface area contributed by atoms with Crippen molar-refractivity contribution < 1.29 is 18.8 Å². The monoisotopic (exact) mass is 339 g/mol. The third-order valence-corrected chi connectivity index (χ3v) is 3.37. The molecule has 0 atom stereocenters. The van der Waals surface area contributed by atoms with Gasteiger partial charge in [-0.2, -0.15) is 4.98 Å². The Bertz CT molecular complexity index is 833. The summed E-state index contributed by atoms with van der Waals surface area (Å²) >= 11 is 0. The normalized spacial score (nSPS) is 10.3. The van der Waals surface area contributed by atoms with Crippen LogP contribution in [0.5, 0.6) is 11.5 Å². The molecular weight excluding hydrogens is 322 g/mol. The van der Waals surface area contributed by atoms with Crippen molar-refractivity contribution >= 4 is 5.91 Å². The van der Waals surface area contributed by atoms with Crippen LogP contribution in [0.4, 0.5) is 0 Å². The van der Waals surface area contributed by atoms with Crippen LogP contribution in [0, 0.1) is 0 Å². The maximum absolute atomic E-state index is 12.2. The number of methoxy groups -OCH3 is 1. The lowest BCUT2D eigenvalue weighted by Crippen LogP contribution is -2.23. The molecule has 3 rings (SSSR count). The fourth-order valence-electron chi connectivity index (χ4n) is 2.17. The molecule has 1 heterocycles. The molecule has 1 amide bonds. The summed E-state index contributed by atoms with van der Waals surface area (Å²) in [6.45, 7) is 0.309. The van der Waals surface area contributed by atoms with Crippen molar-refractivity contribution in [3.8, 4) is 11.5 Å². The number of carbonyl (C=O) groups excluding carboxylic acids is 1. The standard InChI is InChI=1S/C18H17N3O4/c1-23-15-10-6-5-9-14(15)18(22)19-11-16-20-17(25-21-16)12-24-13-7-3-2-4-8-13/h2-10H,11-12H2,1H3,(H,19,22). The van der Waals surface area contributed by atoms with E-state index in [4.69, 9.17) is 14.0 Å². The van der Waals surface area contributed by atoms with Crippen molar-refractivity contribution in [2.24, 2.45) is 0 Å². The number of hydrogen-bond donors (Lipinski definition) is 1.